The van der Waals surface area contributed by atoms with E-state index in [0.717, 1.165) is 0 Å². The summed E-state index contributed by atoms with van der Waals surface area (Å²) in [7, 11) is 6.25. The molecule has 1 atom stereocenters. The normalized spacial score (nSPS) is 14.8. The SMILES string of the molecule is COc1ccc(NC(=O)C2=C(C)Nc3ncnn3[C@@H]2c2cc(OC)c(OC)cc2OC)cc1. The van der Waals surface area contributed by atoms with E-state index in [1.807, 2.05) is 6.92 Å². The van der Waals surface area contributed by atoms with E-state index in [1.165, 1.54) is 6.33 Å². The third-order valence-corrected chi connectivity index (χ3v) is 5.42. The van der Waals surface area contributed by atoms with Crippen molar-refractivity contribution in [2.24, 2.45) is 0 Å². The van der Waals surface area contributed by atoms with Crippen molar-refractivity contribution < 1.29 is 23.7 Å². The van der Waals surface area contributed by atoms with Gasteiger partial charge in [-0.2, -0.15) is 10.1 Å². The van der Waals surface area contributed by atoms with Crippen LogP contribution in [0.3, 0.4) is 0 Å². The molecular formula is C23H25N5O5. The maximum atomic E-state index is 13.5. The van der Waals surface area contributed by atoms with Gasteiger partial charge in [0.1, 0.15) is 23.9 Å². The molecule has 0 bridgehead atoms. The quantitative estimate of drug-likeness (QED) is 0.564. The summed E-state index contributed by atoms with van der Waals surface area (Å²) in [5.41, 5.74) is 2.39. The Morgan fingerprint density at radius 3 is 2.27 bits per heavy atom. The molecule has 2 heterocycles. The molecule has 0 radical (unpaired) electrons. The first kappa shape index (κ1) is 22.0. The molecule has 33 heavy (non-hydrogen) atoms. The van der Waals surface area contributed by atoms with E-state index >= 15 is 0 Å². The van der Waals surface area contributed by atoms with Gasteiger partial charge in [0.25, 0.3) is 5.91 Å². The molecule has 0 saturated heterocycles. The van der Waals surface area contributed by atoms with Crippen molar-refractivity contribution in [1.29, 1.82) is 0 Å². The number of ether oxygens (including phenoxy) is 4. The lowest BCUT2D eigenvalue weighted by Crippen LogP contribution is -2.31. The fourth-order valence-electron chi connectivity index (χ4n) is 3.81. The third kappa shape index (κ3) is 4.02. The number of amides is 1. The van der Waals surface area contributed by atoms with Crippen LogP contribution in [0.5, 0.6) is 23.0 Å². The summed E-state index contributed by atoms with van der Waals surface area (Å²) in [5, 5.41) is 10.5. The number of carbonyl (C=O) groups is 1. The zero-order valence-corrected chi connectivity index (χ0v) is 19.0. The Labute approximate surface area is 191 Å². The van der Waals surface area contributed by atoms with Crippen molar-refractivity contribution in [3.63, 3.8) is 0 Å². The van der Waals surface area contributed by atoms with Crippen LogP contribution in [-0.2, 0) is 4.79 Å². The van der Waals surface area contributed by atoms with E-state index in [-0.39, 0.29) is 5.91 Å². The highest BCUT2D eigenvalue weighted by Crippen LogP contribution is 2.43. The molecule has 4 rings (SSSR count). The van der Waals surface area contributed by atoms with E-state index in [9.17, 15) is 4.79 Å². The number of allylic oxidation sites excluding steroid dienone is 1. The van der Waals surface area contributed by atoms with Crippen molar-refractivity contribution in [2.45, 2.75) is 13.0 Å². The second kappa shape index (κ2) is 9.11. The van der Waals surface area contributed by atoms with Crippen molar-refractivity contribution in [2.75, 3.05) is 39.1 Å². The number of benzene rings is 2. The molecule has 2 N–H and O–H groups in total. The first-order valence-electron chi connectivity index (χ1n) is 10.1. The van der Waals surface area contributed by atoms with E-state index in [0.29, 0.717) is 51.5 Å². The Bertz CT molecular complexity index is 1200. The van der Waals surface area contributed by atoms with E-state index < -0.39 is 6.04 Å². The van der Waals surface area contributed by atoms with Crippen LogP contribution in [0.1, 0.15) is 18.5 Å². The minimum Gasteiger partial charge on any atom is -0.497 e. The first-order valence-corrected chi connectivity index (χ1v) is 10.1. The summed E-state index contributed by atoms with van der Waals surface area (Å²) in [6.07, 6.45) is 1.43. The lowest BCUT2D eigenvalue weighted by molar-refractivity contribution is -0.113. The van der Waals surface area contributed by atoms with E-state index in [2.05, 4.69) is 20.7 Å². The second-order valence-electron chi connectivity index (χ2n) is 7.23. The lowest BCUT2D eigenvalue weighted by Gasteiger charge is -2.30. The molecule has 0 aliphatic carbocycles. The molecule has 0 fully saturated rings. The zero-order chi connectivity index (χ0) is 23.5. The van der Waals surface area contributed by atoms with Crippen LogP contribution in [0, 0.1) is 0 Å². The number of hydrogen-bond donors (Lipinski definition) is 2. The minimum absolute atomic E-state index is 0.298. The molecular weight excluding hydrogens is 426 g/mol. The fraction of sp³-hybridized carbons (Fsp3) is 0.261. The summed E-state index contributed by atoms with van der Waals surface area (Å²) >= 11 is 0. The average Bonchev–Trinajstić information content (AvgIpc) is 3.30. The fourth-order valence-corrected chi connectivity index (χ4v) is 3.81. The van der Waals surface area contributed by atoms with Gasteiger partial charge in [-0.25, -0.2) is 4.68 Å². The van der Waals surface area contributed by atoms with Crippen LogP contribution < -0.4 is 29.6 Å². The highest BCUT2D eigenvalue weighted by atomic mass is 16.5. The van der Waals surface area contributed by atoms with Gasteiger partial charge in [-0.05, 0) is 37.3 Å². The van der Waals surface area contributed by atoms with Gasteiger partial charge in [0.05, 0.1) is 34.0 Å². The van der Waals surface area contributed by atoms with Crippen LogP contribution in [0.15, 0.2) is 54.0 Å². The van der Waals surface area contributed by atoms with Crippen molar-refractivity contribution in [3.05, 3.63) is 59.6 Å². The number of carbonyl (C=O) groups excluding carboxylic acids is 1. The van der Waals surface area contributed by atoms with E-state index in [1.54, 1.807) is 69.5 Å². The number of hydrogen-bond acceptors (Lipinski definition) is 8. The van der Waals surface area contributed by atoms with Gasteiger partial charge in [-0.1, -0.05) is 0 Å². The Morgan fingerprint density at radius 1 is 0.970 bits per heavy atom. The summed E-state index contributed by atoms with van der Waals surface area (Å²) in [4.78, 5) is 17.8. The molecule has 172 valence electrons. The first-order chi connectivity index (χ1) is 16.0. The van der Waals surface area contributed by atoms with Crippen molar-refractivity contribution in [1.82, 2.24) is 14.8 Å². The predicted octanol–water partition coefficient (Wildman–Crippen LogP) is 3.24. The molecule has 2 aromatic carbocycles. The van der Waals surface area contributed by atoms with Gasteiger partial charge in [0.15, 0.2) is 11.5 Å². The molecule has 1 amide bonds. The van der Waals surface area contributed by atoms with E-state index in [4.69, 9.17) is 18.9 Å². The molecule has 0 unspecified atom stereocenters. The maximum absolute atomic E-state index is 13.5. The van der Waals surface area contributed by atoms with Crippen LogP contribution in [-0.4, -0.2) is 49.1 Å². The Balaban J connectivity index is 1.81. The number of methoxy groups -OCH3 is 4. The van der Waals surface area contributed by atoms with Crippen LogP contribution in [0.25, 0.3) is 0 Å². The topological polar surface area (TPSA) is 109 Å². The molecule has 1 aromatic heterocycles. The number of fused-ring (bicyclic) bond motifs is 1. The Morgan fingerprint density at radius 2 is 1.64 bits per heavy atom. The summed E-state index contributed by atoms with van der Waals surface area (Å²) in [6, 6.07) is 9.98. The highest BCUT2D eigenvalue weighted by Gasteiger charge is 2.36. The predicted molar refractivity (Wildman–Crippen MR) is 122 cm³/mol. The highest BCUT2D eigenvalue weighted by molar-refractivity contribution is 6.06. The van der Waals surface area contributed by atoms with Gasteiger partial charge >= 0.3 is 0 Å². The molecule has 10 heteroatoms. The molecule has 0 spiro atoms. The van der Waals surface area contributed by atoms with Gasteiger partial charge in [-0.15, -0.1) is 0 Å². The lowest BCUT2D eigenvalue weighted by atomic mass is 9.93. The van der Waals surface area contributed by atoms with Crippen LogP contribution in [0.2, 0.25) is 0 Å². The third-order valence-electron chi connectivity index (χ3n) is 5.42. The smallest absolute Gasteiger partial charge is 0.255 e. The summed E-state index contributed by atoms with van der Waals surface area (Å²) in [5.74, 6) is 2.44. The number of nitrogens with one attached hydrogen (secondary N) is 2. The second-order valence-corrected chi connectivity index (χ2v) is 7.23. The van der Waals surface area contributed by atoms with Crippen molar-refractivity contribution in [3.8, 4) is 23.0 Å². The maximum Gasteiger partial charge on any atom is 0.255 e. The Kier molecular flexibility index (Phi) is 6.07. The number of rotatable bonds is 7. The number of nitrogens with zero attached hydrogens (tertiary/aromatic N) is 3. The van der Waals surface area contributed by atoms with Gasteiger partial charge < -0.3 is 29.6 Å². The van der Waals surface area contributed by atoms with Gasteiger partial charge in [0, 0.05) is 23.0 Å². The van der Waals surface area contributed by atoms with Crippen LogP contribution >= 0.6 is 0 Å². The largest absolute Gasteiger partial charge is 0.497 e. The average molecular weight is 451 g/mol. The number of aromatic nitrogens is 3. The van der Waals surface area contributed by atoms with Gasteiger partial charge in [-0.3, -0.25) is 4.79 Å². The molecule has 1 aliphatic heterocycles. The minimum atomic E-state index is -0.628. The molecule has 10 nitrogen and oxygen atoms in total. The number of anilines is 2. The van der Waals surface area contributed by atoms with Crippen LogP contribution in [0.4, 0.5) is 11.6 Å². The van der Waals surface area contributed by atoms with Crippen molar-refractivity contribution >= 4 is 17.5 Å². The standard InChI is InChI=1S/C23H25N5O5/c1-13-20(22(29)27-14-6-8-15(30-2)9-7-14)21(28-23(26-13)24-12-25-28)16-10-18(32-4)19(33-5)11-17(16)31-3/h6-12,21H,1-5H3,(H,27,29)(H,24,25,26)/t21-/m1/s1. The van der Waals surface area contributed by atoms with Gasteiger partial charge in [0.2, 0.25) is 5.95 Å². The summed E-state index contributed by atoms with van der Waals surface area (Å²) < 4.78 is 23.4. The molecule has 0 saturated carbocycles. The summed E-state index contributed by atoms with van der Waals surface area (Å²) in [6.45, 7) is 1.82. The monoisotopic (exact) mass is 451 g/mol. The Hall–Kier alpha value is -4.21. The molecule has 3 aromatic rings. The molecule has 1 aliphatic rings. The zero-order valence-electron chi connectivity index (χ0n) is 19.0.